The Morgan fingerprint density at radius 2 is 2.19 bits per heavy atom. The van der Waals surface area contributed by atoms with Gasteiger partial charge in [-0.05, 0) is 31.9 Å². The molecule has 3 N–H and O–H groups in total. The molecule has 1 aromatic carbocycles. The van der Waals surface area contributed by atoms with E-state index in [4.69, 9.17) is 15.2 Å². The molecule has 0 spiro atoms. The van der Waals surface area contributed by atoms with Crippen molar-refractivity contribution < 1.29 is 14.3 Å². The minimum Gasteiger partial charge on any atom is -0.491 e. The Morgan fingerprint density at radius 1 is 1.43 bits per heavy atom. The standard InChI is InChI=1S/C16H22N2O3/c1-10(16(19)18-11-4-2-3-5-11)21-12-6-7-13-14(17)9-20-15(13)8-12/h6-8,10-11,14H,2-5,9,17H2,1H3,(H,18,19). The number of nitrogens with two attached hydrogens (primary N) is 1. The molecule has 1 aromatic rings. The van der Waals surface area contributed by atoms with Crippen molar-refractivity contribution in [3.63, 3.8) is 0 Å². The van der Waals surface area contributed by atoms with Gasteiger partial charge in [0.25, 0.3) is 5.91 Å². The number of hydrogen-bond acceptors (Lipinski definition) is 4. The first kappa shape index (κ1) is 14.2. The number of fused-ring (bicyclic) bond motifs is 1. The molecule has 1 heterocycles. The third-order valence-electron chi connectivity index (χ3n) is 4.19. The topological polar surface area (TPSA) is 73.6 Å². The summed E-state index contributed by atoms with van der Waals surface area (Å²) < 4.78 is 11.2. The number of ether oxygens (including phenoxy) is 2. The van der Waals surface area contributed by atoms with E-state index in [1.54, 1.807) is 6.92 Å². The average molecular weight is 290 g/mol. The van der Waals surface area contributed by atoms with Crippen molar-refractivity contribution in [1.82, 2.24) is 5.32 Å². The second kappa shape index (κ2) is 5.93. The van der Waals surface area contributed by atoms with Gasteiger partial charge >= 0.3 is 0 Å². The molecule has 5 heteroatoms. The van der Waals surface area contributed by atoms with Gasteiger partial charge in [0.2, 0.25) is 0 Å². The Hall–Kier alpha value is -1.75. The van der Waals surface area contributed by atoms with Crippen LogP contribution in [0, 0.1) is 0 Å². The van der Waals surface area contributed by atoms with E-state index in [0.717, 1.165) is 24.2 Å². The minimum atomic E-state index is -0.515. The van der Waals surface area contributed by atoms with E-state index in [1.807, 2.05) is 18.2 Å². The van der Waals surface area contributed by atoms with Gasteiger partial charge in [-0.3, -0.25) is 4.79 Å². The molecule has 3 rings (SSSR count). The summed E-state index contributed by atoms with van der Waals surface area (Å²) in [6, 6.07) is 5.79. The maximum Gasteiger partial charge on any atom is 0.260 e. The van der Waals surface area contributed by atoms with E-state index in [1.165, 1.54) is 12.8 Å². The van der Waals surface area contributed by atoms with Gasteiger partial charge in [-0.25, -0.2) is 0 Å². The normalized spacial score (nSPS) is 22.5. The molecule has 1 saturated carbocycles. The third-order valence-corrected chi connectivity index (χ3v) is 4.19. The summed E-state index contributed by atoms with van der Waals surface area (Å²) in [5.74, 6) is 1.33. The highest BCUT2D eigenvalue weighted by molar-refractivity contribution is 5.81. The van der Waals surface area contributed by atoms with Crippen molar-refractivity contribution >= 4 is 5.91 Å². The van der Waals surface area contributed by atoms with E-state index < -0.39 is 6.10 Å². The lowest BCUT2D eigenvalue weighted by Crippen LogP contribution is -2.41. The van der Waals surface area contributed by atoms with Gasteiger partial charge in [0.1, 0.15) is 18.1 Å². The zero-order chi connectivity index (χ0) is 14.8. The van der Waals surface area contributed by atoms with Crippen LogP contribution in [0.2, 0.25) is 0 Å². The van der Waals surface area contributed by atoms with Crippen LogP contribution in [-0.2, 0) is 4.79 Å². The van der Waals surface area contributed by atoms with E-state index >= 15 is 0 Å². The quantitative estimate of drug-likeness (QED) is 0.888. The molecule has 2 aliphatic rings. The highest BCUT2D eigenvalue weighted by Gasteiger charge is 2.24. The summed E-state index contributed by atoms with van der Waals surface area (Å²) in [5.41, 5.74) is 6.90. The number of carbonyl (C=O) groups is 1. The van der Waals surface area contributed by atoms with Crippen LogP contribution in [-0.4, -0.2) is 24.7 Å². The smallest absolute Gasteiger partial charge is 0.260 e. The largest absolute Gasteiger partial charge is 0.491 e. The fraction of sp³-hybridized carbons (Fsp3) is 0.562. The lowest BCUT2D eigenvalue weighted by molar-refractivity contribution is -0.127. The number of nitrogens with one attached hydrogen (secondary N) is 1. The van der Waals surface area contributed by atoms with Crippen LogP contribution in [0.5, 0.6) is 11.5 Å². The van der Waals surface area contributed by atoms with Crippen molar-refractivity contribution in [2.24, 2.45) is 5.73 Å². The number of hydrogen-bond donors (Lipinski definition) is 2. The van der Waals surface area contributed by atoms with Crippen molar-refractivity contribution in [2.75, 3.05) is 6.61 Å². The molecule has 114 valence electrons. The zero-order valence-electron chi connectivity index (χ0n) is 12.3. The Kier molecular flexibility index (Phi) is 4.01. The van der Waals surface area contributed by atoms with Gasteiger partial charge < -0.3 is 20.5 Å². The molecular formula is C16H22N2O3. The fourth-order valence-corrected chi connectivity index (χ4v) is 2.93. The second-order valence-electron chi connectivity index (χ2n) is 5.87. The first-order valence-corrected chi connectivity index (χ1v) is 7.63. The SMILES string of the molecule is CC(Oc1ccc2c(c1)OCC2N)C(=O)NC1CCCC1. The molecule has 0 bridgehead atoms. The van der Waals surface area contributed by atoms with E-state index in [-0.39, 0.29) is 11.9 Å². The molecule has 0 saturated heterocycles. The summed E-state index contributed by atoms with van der Waals surface area (Å²) in [4.78, 5) is 12.1. The van der Waals surface area contributed by atoms with Crippen molar-refractivity contribution in [1.29, 1.82) is 0 Å². The molecule has 1 fully saturated rings. The van der Waals surface area contributed by atoms with Crippen LogP contribution >= 0.6 is 0 Å². The van der Waals surface area contributed by atoms with Crippen LogP contribution in [0.25, 0.3) is 0 Å². The Balaban J connectivity index is 1.59. The van der Waals surface area contributed by atoms with Gasteiger partial charge in [-0.1, -0.05) is 12.8 Å². The molecule has 1 amide bonds. The predicted octanol–water partition coefficient (Wildman–Crippen LogP) is 1.90. The summed E-state index contributed by atoms with van der Waals surface area (Å²) in [6.45, 7) is 2.26. The highest BCUT2D eigenvalue weighted by atomic mass is 16.5. The van der Waals surface area contributed by atoms with Crippen LogP contribution in [0.4, 0.5) is 0 Å². The fourth-order valence-electron chi connectivity index (χ4n) is 2.93. The Bertz CT molecular complexity index is 526. The third kappa shape index (κ3) is 3.13. The van der Waals surface area contributed by atoms with Crippen molar-refractivity contribution in [3.05, 3.63) is 23.8 Å². The number of benzene rings is 1. The number of amides is 1. The Labute approximate surface area is 124 Å². The van der Waals surface area contributed by atoms with Gasteiger partial charge in [-0.15, -0.1) is 0 Å². The van der Waals surface area contributed by atoms with Crippen molar-refractivity contribution in [2.45, 2.75) is 50.8 Å². The van der Waals surface area contributed by atoms with Crippen LogP contribution in [0.3, 0.4) is 0 Å². The Morgan fingerprint density at radius 3 is 2.95 bits per heavy atom. The zero-order valence-corrected chi connectivity index (χ0v) is 12.3. The molecule has 1 aliphatic heterocycles. The van der Waals surface area contributed by atoms with Crippen LogP contribution in [0.1, 0.15) is 44.2 Å². The maximum atomic E-state index is 12.1. The molecule has 0 radical (unpaired) electrons. The summed E-state index contributed by atoms with van der Waals surface area (Å²) >= 11 is 0. The van der Waals surface area contributed by atoms with Crippen LogP contribution in [0.15, 0.2) is 18.2 Å². The van der Waals surface area contributed by atoms with E-state index in [9.17, 15) is 4.79 Å². The van der Waals surface area contributed by atoms with Crippen LogP contribution < -0.4 is 20.5 Å². The molecule has 2 atom stereocenters. The molecule has 21 heavy (non-hydrogen) atoms. The minimum absolute atomic E-state index is 0.0555. The molecule has 0 aromatic heterocycles. The van der Waals surface area contributed by atoms with E-state index in [0.29, 0.717) is 18.4 Å². The highest BCUT2D eigenvalue weighted by Crippen LogP contribution is 2.34. The van der Waals surface area contributed by atoms with Gasteiger partial charge in [0, 0.05) is 17.7 Å². The number of rotatable bonds is 4. The monoisotopic (exact) mass is 290 g/mol. The molecule has 2 unspecified atom stereocenters. The lowest BCUT2D eigenvalue weighted by atomic mass is 10.1. The summed E-state index contributed by atoms with van der Waals surface area (Å²) in [5, 5.41) is 3.04. The van der Waals surface area contributed by atoms with Gasteiger partial charge in [-0.2, -0.15) is 0 Å². The average Bonchev–Trinajstić information content (AvgIpc) is 3.09. The summed E-state index contributed by atoms with van der Waals surface area (Å²) in [6.07, 6.45) is 4.02. The number of carbonyl (C=O) groups excluding carboxylic acids is 1. The lowest BCUT2D eigenvalue weighted by Gasteiger charge is -2.18. The second-order valence-corrected chi connectivity index (χ2v) is 5.87. The molecular weight excluding hydrogens is 268 g/mol. The van der Waals surface area contributed by atoms with Gasteiger partial charge in [0.05, 0.1) is 6.04 Å². The molecule has 5 nitrogen and oxygen atoms in total. The van der Waals surface area contributed by atoms with Gasteiger partial charge in [0.15, 0.2) is 6.10 Å². The van der Waals surface area contributed by atoms with Crippen molar-refractivity contribution in [3.8, 4) is 11.5 Å². The first-order chi connectivity index (χ1) is 10.1. The first-order valence-electron chi connectivity index (χ1n) is 7.63. The predicted molar refractivity (Wildman–Crippen MR) is 79.4 cm³/mol. The summed E-state index contributed by atoms with van der Waals surface area (Å²) in [7, 11) is 0. The maximum absolute atomic E-state index is 12.1. The van der Waals surface area contributed by atoms with E-state index in [2.05, 4.69) is 5.32 Å². The molecule has 1 aliphatic carbocycles.